The van der Waals surface area contributed by atoms with Gasteiger partial charge in [-0.05, 0) is 12.1 Å². The summed E-state index contributed by atoms with van der Waals surface area (Å²) in [6.07, 6.45) is 6.55. The molecule has 6 nitrogen and oxygen atoms in total. The van der Waals surface area contributed by atoms with Crippen molar-refractivity contribution < 1.29 is 8.78 Å². The minimum absolute atomic E-state index is 0.181. The van der Waals surface area contributed by atoms with E-state index in [1.54, 1.807) is 7.05 Å². The highest BCUT2D eigenvalue weighted by Crippen LogP contribution is 2.11. The smallest absolute Gasteiger partial charge is 0.319 e. The third-order valence-corrected chi connectivity index (χ3v) is 2.93. The molecule has 2 heterocycles. The van der Waals surface area contributed by atoms with Gasteiger partial charge in [0.2, 0.25) is 0 Å². The van der Waals surface area contributed by atoms with Crippen molar-refractivity contribution in [3.63, 3.8) is 0 Å². The summed E-state index contributed by atoms with van der Waals surface area (Å²) in [5, 5.41) is 6.07. The maximum absolute atomic E-state index is 12.7. The monoisotopic (exact) mass is 296 g/mol. The van der Waals surface area contributed by atoms with Crippen LogP contribution in [0.1, 0.15) is 12.4 Å². The van der Waals surface area contributed by atoms with Gasteiger partial charge in [-0.25, -0.2) is 4.98 Å². The van der Waals surface area contributed by atoms with Crippen molar-refractivity contribution in [1.29, 1.82) is 0 Å². The molecule has 2 rings (SSSR count). The average Bonchev–Trinajstić information content (AvgIpc) is 3.13. The maximum atomic E-state index is 12.7. The molecule has 0 atom stereocenters. The first-order chi connectivity index (χ1) is 10.2. The van der Waals surface area contributed by atoms with Gasteiger partial charge >= 0.3 is 6.55 Å². The third kappa shape index (κ3) is 4.30. The van der Waals surface area contributed by atoms with Crippen LogP contribution in [0.2, 0.25) is 0 Å². The number of rotatable bonds is 6. The molecular formula is C13H18F2N6. The number of aliphatic imine (C=N–C) groups is 1. The van der Waals surface area contributed by atoms with Crippen molar-refractivity contribution in [2.75, 3.05) is 13.6 Å². The van der Waals surface area contributed by atoms with E-state index in [-0.39, 0.29) is 12.4 Å². The Hall–Kier alpha value is -2.38. The summed E-state index contributed by atoms with van der Waals surface area (Å²) < 4.78 is 28.2. The lowest BCUT2D eigenvalue weighted by atomic mass is 10.5. The molecule has 2 aromatic heterocycles. The Morgan fingerprint density at radius 3 is 2.71 bits per heavy atom. The summed E-state index contributed by atoms with van der Waals surface area (Å²) in [6.45, 7) is -0.939. The van der Waals surface area contributed by atoms with E-state index >= 15 is 0 Å². The first kappa shape index (κ1) is 15.0. The summed E-state index contributed by atoms with van der Waals surface area (Å²) in [5.41, 5.74) is 0. The van der Waals surface area contributed by atoms with E-state index < -0.39 is 6.55 Å². The molecule has 0 radical (unpaired) electrons. The fourth-order valence-corrected chi connectivity index (χ4v) is 1.86. The zero-order valence-corrected chi connectivity index (χ0v) is 11.7. The predicted octanol–water partition coefficient (Wildman–Crippen LogP) is 1.44. The molecule has 0 fully saturated rings. The Kier molecular flexibility index (Phi) is 5.30. The number of guanidine groups is 1. The van der Waals surface area contributed by atoms with E-state index in [1.807, 2.05) is 29.1 Å². The molecule has 0 saturated heterocycles. The number of nitrogens with one attached hydrogen (secondary N) is 2. The largest absolute Gasteiger partial charge is 0.355 e. The zero-order chi connectivity index (χ0) is 15.1. The number of aromatic nitrogens is 3. The molecule has 8 heteroatoms. The van der Waals surface area contributed by atoms with Gasteiger partial charge in [-0.2, -0.15) is 8.78 Å². The Labute approximate surface area is 121 Å². The van der Waals surface area contributed by atoms with Crippen molar-refractivity contribution in [1.82, 2.24) is 24.8 Å². The minimum atomic E-state index is -2.59. The van der Waals surface area contributed by atoms with Gasteiger partial charge in [-0.15, -0.1) is 0 Å². The predicted molar refractivity (Wildman–Crippen MR) is 76.1 cm³/mol. The molecule has 2 aromatic rings. The zero-order valence-electron chi connectivity index (χ0n) is 11.7. The van der Waals surface area contributed by atoms with E-state index in [2.05, 4.69) is 20.6 Å². The van der Waals surface area contributed by atoms with Crippen LogP contribution in [0.25, 0.3) is 0 Å². The minimum Gasteiger partial charge on any atom is -0.355 e. The Bertz CT molecular complexity index is 561. The molecule has 0 unspecified atom stereocenters. The fourth-order valence-electron chi connectivity index (χ4n) is 1.86. The highest BCUT2D eigenvalue weighted by molar-refractivity contribution is 5.79. The number of halogens is 2. The molecule has 114 valence electrons. The molecule has 2 N–H and O–H groups in total. The number of hydrogen-bond donors (Lipinski definition) is 2. The molecule has 0 aliphatic carbocycles. The lowest BCUT2D eigenvalue weighted by Crippen LogP contribution is -2.38. The van der Waals surface area contributed by atoms with Crippen LogP contribution in [0, 0.1) is 0 Å². The van der Waals surface area contributed by atoms with E-state index in [4.69, 9.17) is 0 Å². The number of imidazole rings is 1. The number of hydrogen-bond acceptors (Lipinski definition) is 2. The van der Waals surface area contributed by atoms with Crippen LogP contribution in [-0.2, 0) is 13.1 Å². The number of nitrogens with zero attached hydrogens (tertiary/aromatic N) is 4. The van der Waals surface area contributed by atoms with Gasteiger partial charge in [-0.1, -0.05) is 0 Å². The molecule has 0 amide bonds. The van der Waals surface area contributed by atoms with Crippen LogP contribution in [0.15, 0.2) is 41.9 Å². The van der Waals surface area contributed by atoms with Crippen molar-refractivity contribution >= 4 is 5.96 Å². The van der Waals surface area contributed by atoms with Gasteiger partial charge in [0.05, 0.1) is 6.54 Å². The van der Waals surface area contributed by atoms with Crippen LogP contribution >= 0.6 is 0 Å². The SMILES string of the molecule is CN=C(NCCn1cccc1)NCc1nccn1C(F)F. The van der Waals surface area contributed by atoms with Crippen molar-refractivity contribution in [3.05, 3.63) is 42.7 Å². The summed E-state index contributed by atoms with van der Waals surface area (Å²) in [4.78, 5) is 7.94. The van der Waals surface area contributed by atoms with E-state index in [1.165, 1.54) is 12.4 Å². The van der Waals surface area contributed by atoms with Crippen LogP contribution in [0.5, 0.6) is 0 Å². The van der Waals surface area contributed by atoms with Crippen molar-refractivity contribution in [2.24, 2.45) is 4.99 Å². The standard InChI is InChI=1S/C13H18F2N6/c1-16-13(18-4-8-20-6-2-3-7-20)19-10-11-17-5-9-21(11)12(14)15/h2-3,5-7,9,12H,4,8,10H2,1H3,(H2,16,18,19). The molecule has 0 aliphatic rings. The van der Waals surface area contributed by atoms with E-state index in [0.29, 0.717) is 12.5 Å². The molecule has 0 spiro atoms. The number of alkyl halides is 2. The second-order valence-electron chi connectivity index (χ2n) is 4.30. The molecule has 0 aromatic carbocycles. The second-order valence-corrected chi connectivity index (χ2v) is 4.30. The third-order valence-electron chi connectivity index (χ3n) is 2.93. The highest BCUT2D eigenvalue weighted by atomic mass is 19.3. The normalized spacial score (nSPS) is 11.9. The first-order valence-electron chi connectivity index (χ1n) is 6.56. The van der Waals surface area contributed by atoms with Gasteiger partial charge in [0, 0.05) is 44.9 Å². The van der Waals surface area contributed by atoms with Crippen LogP contribution in [0.4, 0.5) is 8.78 Å². The van der Waals surface area contributed by atoms with Crippen molar-refractivity contribution in [2.45, 2.75) is 19.6 Å². The van der Waals surface area contributed by atoms with E-state index in [0.717, 1.165) is 11.1 Å². The van der Waals surface area contributed by atoms with Gasteiger partial charge in [0.1, 0.15) is 5.82 Å². The topological polar surface area (TPSA) is 59.2 Å². The van der Waals surface area contributed by atoms with Crippen LogP contribution in [-0.4, -0.2) is 33.7 Å². The summed E-state index contributed by atoms with van der Waals surface area (Å²) in [7, 11) is 1.63. The maximum Gasteiger partial charge on any atom is 0.319 e. The van der Waals surface area contributed by atoms with Gasteiger partial charge in [0.25, 0.3) is 0 Å². The molecule has 0 bridgehead atoms. The van der Waals surface area contributed by atoms with Gasteiger partial charge < -0.3 is 15.2 Å². The van der Waals surface area contributed by atoms with Gasteiger partial charge in [0.15, 0.2) is 5.96 Å². The lowest BCUT2D eigenvalue weighted by molar-refractivity contribution is 0.0668. The summed E-state index contributed by atoms with van der Waals surface area (Å²) >= 11 is 0. The second kappa shape index (κ2) is 7.41. The Morgan fingerprint density at radius 2 is 2.05 bits per heavy atom. The summed E-state index contributed by atoms with van der Waals surface area (Å²) in [5.74, 6) is 0.810. The molecule has 0 saturated carbocycles. The average molecular weight is 296 g/mol. The molecule has 0 aliphatic heterocycles. The van der Waals surface area contributed by atoms with E-state index in [9.17, 15) is 8.78 Å². The fraction of sp³-hybridized carbons (Fsp3) is 0.385. The Morgan fingerprint density at radius 1 is 1.29 bits per heavy atom. The first-order valence-corrected chi connectivity index (χ1v) is 6.56. The Balaban J connectivity index is 1.78. The highest BCUT2D eigenvalue weighted by Gasteiger charge is 2.11. The lowest BCUT2D eigenvalue weighted by Gasteiger charge is -2.13. The summed E-state index contributed by atoms with van der Waals surface area (Å²) in [6, 6.07) is 3.91. The molecule has 21 heavy (non-hydrogen) atoms. The van der Waals surface area contributed by atoms with Crippen LogP contribution < -0.4 is 10.6 Å². The van der Waals surface area contributed by atoms with Crippen molar-refractivity contribution in [3.8, 4) is 0 Å². The quantitative estimate of drug-likeness (QED) is 0.626. The molecular weight excluding hydrogens is 278 g/mol. The van der Waals surface area contributed by atoms with Crippen LogP contribution in [0.3, 0.4) is 0 Å². The van der Waals surface area contributed by atoms with Gasteiger partial charge in [-0.3, -0.25) is 9.56 Å².